The molecule has 0 saturated heterocycles. The number of nitrogens with one attached hydrogen (secondary N) is 2. The summed E-state index contributed by atoms with van der Waals surface area (Å²) in [6, 6.07) is 0.408. The summed E-state index contributed by atoms with van der Waals surface area (Å²) < 4.78 is 1.99. The number of rotatable bonds is 5. The smallest absolute Gasteiger partial charge is 0.191 e. The normalized spacial score (nSPS) is 19.4. The van der Waals surface area contributed by atoms with Crippen molar-refractivity contribution in [1.29, 1.82) is 0 Å². The van der Waals surface area contributed by atoms with Gasteiger partial charge in [0.2, 0.25) is 0 Å². The van der Waals surface area contributed by atoms with Crippen LogP contribution in [-0.2, 0) is 13.6 Å². The second kappa shape index (κ2) is 8.31. The van der Waals surface area contributed by atoms with E-state index in [4.69, 9.17) is 0 Å². The molecule has 2 N–H and O–H groups in total. The molecule has 2 unspecified atom stereocenters. The highest BCUT2D eigenvalue weighted by molar-refractivity contribution is 5.79. The van der Waals surface area contributed by atoms with Crippen LogP contribution in [0.15, 0.2) is 4.99 Å². The van der Waals surface area contributed by atoms with Crippen molar-refractivity contribution in [3.63, 3.8) is 0 Å². The third kappa shape index (κ3) is 4.69. The number of nitrogens with zero attached hydrogens (tertiary/aromatic N) is 4. The van der Waals surface area contributed by atoms with Crippen LogP contribution in [0.4, 0.5) is 0 Å². The molecule has 2 rings (SSSR count). The molecule has 23 heavy (non-hydrogen) atoms. The maximum Gasteiger partial charge on any atom is 0.191 e. The summed E-state index contributed by atoms with van der Waals surface area (Å²) in [6.45, 7) is 7.21. The molecule has 0 spiro atoms. The van der Waals surface area contributed by atoms with E-state index in [9.17, 15) is 0 Å². The number of hydrogen-bond donors (Lipinski definition) is 2. The van der Waals surface area contributed by atoms with E-state index in [1.807, 2.05) is 25.6 Å². The number of aromatic nitrogens is 3. The standard InChI is InChI=1S/C17H32N6/c1-12(15-9-7-6-8-10-15)13(2)20-17(18-4)19-11-16-22-21-14(3)23(16)5/h12-13,15H,6-11H2,1-5H3,(H2,18,19,20). The summed E-state index contributed by atoms with van der Waals surface area (Å²) in [5.74, 6) is 4.17. The Kier molecular flexibility index (Phi) is 6.42. The lowest BCUT2D eigenvalue weighted by Crippen LogP contribution is -2.46. The Hall–Kier alpha value is -1.59. The Balaban J connectivity index is 1.84. The molecule has 1 aliphatic carbocycles. The highest BCUT2D eigenvalue weighted by Gasteiger charge is 2.25. The average Bonchev–Trinajstić information content (AvgIpc) is 2.90. The lowest BCUT2D eigenvalue weighted by Gasteiger charge is -2.32. The van der Waals surface area contributed by atoms with Gasteiger partial charge >= 0.3 is 0 Å². The first kappa shape index (κ1) is 17.8. The van der Waals surface area contributed by atoms with Crippen molar-refractivity contribution in [2.75, 3.05) is 7.05 Å². The zero-order chi connectivity index (χ0) is 16.8. The van der Waals surface area contributed by atoms with Crippen molar-refractivity contribution >= 4 is 5.96 Å². The van der Waals surface area contributed by atoms with E-state index in [-0.39, 0.29) is 0 Å². The van der Waals surface area contributed by atoms with E-state index in [0.717, 1.165) is 23.5 Å². The second-order valence-corrected chi connectivity index (χ2v) is 6.84. The van der Waals surface area contributed by atoms with Crippen LogP contribution >= 0.6 is 0 Å². The minimum atomic E-state index is 0.408. The number of guanidine groups is 1. The van der Waals surface area contributed by atoms with Crippen molar-refractivity contribution in [3.05, 3.63) is 11.6 Å². The quantitative estimate of drug-likeness (QED) is 0.646. The van der Waals surface area contributed by atoms with Gasteiger partial charge in [-0.2, -0.15) is 0 Å². The van der Waals surface area contributed by atoms with Gasteiger partial charge in [0.05, 0.1) is 6.54 Å². The number of aliphatic imine (C=N–C) groups is 1. The molecule has 6 nitrogen and oxygen atoms in total. The summed E-state index contributed by atoms with van der Waals surface area (Å²) >= 11 is 0. The third-order valence-corrected chi connectivity index (χ3v) is 5.37. The molecular weight excluding hydrogens is 288 g/mol. The molecule has 1 aromatic rings. The number of hydrogen-bond acceptors (Lipinski definition) is 3. The summed E-state index contributed by atoms with van der Waals surface area (Å²) in [4.78, 5) is 4.34. The largest absolute Gasteiger partial charge is 0.354 e. The Labute approximate surface area is 140 Å². The van der Waals surface area contributed by atoms with Gasteiger partial charge in [0, 0.05) is 20.1 Å². The van der Waals surface area contributed by atoms with Gasteiger partial charge in [0.25, 0.3) is 0 Å². The van der Waals surface area contributed by atoms with Crippen molar-refractivity contribution in [3.8, 4) is 0 Å². The molecule has 1 fully saturated rings. The molecule has 1 aromatic heterocycles. The van der Waals surface area contributed by atoms with E-state index in [2.05, 4.69) is 39.7 Å². The SMILES string of the molecule is CN=C(NCc1nnc(C)n1C)NC(C)C(C)C1CCCCC1. The predicted octanol–water partition coefficient (Wildman–Crippen LogP) is 2.39. The minimum absolute atomic E-state index is 0.408. The summed E-state index contributed by atoms with van der Waals surface area (Å²) in [6.07, 6.45) is 6.93. The van der Waals surface area contributed by atoms with E-state index in [0.29, 0.717) is 18.5 Å². The second-order valence-electron chi connectivity index (χ2n) is 6.84. The molecule has 0 aliphatic heterocycles. The maximum atomic E-state index is 4.34. The minimum Gasteiger partial charge on any atom is -0.354 e. The molecule has 2 atom stereocenters. The van der Waals surface area contributed by atoms with Gasteiger partial charge in [-0.15, -0.1) is 10.2 Å². The van der Waals surface area contributed by atoms with Crippen LogP contribution in [0.2, 0.25) is 0 Å². The molecule has 1 saturated carbocycles. The Bertz CT molecular complexity index is 515. The molecule has 1 aliphatic rings. The van der Waals surface area contributed by atoms with Crippen LogP contribution in [0, 0.1) is 18.8 Å². The van der Waals surface area contributed by atoms with Crippen molar-refractivity contribution in [1.82, 2.24) is 25.4 Å². The lowest BCUT2D eigenvalue weighted by molar-refractivity contribution is 0.229. The molecule has 6 heteroatoms. The Morgan fingerprint density at radius 3 is 2.52 bits per heavy atom. The van der Waals surface area contributed by atoms with Gasteiger partial charge in [0.15, 0.2) is 11.8 Å². The first-order valence-electron chi connectivity index (χ1n) is 8.85. The van der Waals surface area contributed by atoms with Gasteiger partial charge in [-0.1, -0.05) is 39.0 Å². The molecule has 130 valence electrons. The fourth-order valence-electron chi connectivity index (χ4n) is 3.38. The first-order chi connectivity index (χ1) is 11.0. The summed E-state index contributed by atoms with van der Waals surface area (Å²) in [5.41, 5.74) is 0. The van der Waals surface area contributed by atoms with Gasteiger partial charge in [0.1, 0.15) is 5.82 Å². The highest BCUT2D eigenvalue weighted by atomic mass is 15.3. The summed E-state index contributed by atoms with van der Waals surface area (Å²) in [5, 5.41) is 15.1. The van der Waals surface area contributed by atoms with Crippen molar-refractivity contribution < 1.29 is 0 Å². The van der Waals surface area contributed by atoms with Gasteiger partial charge in [-0.05, 0) is 25.7 Å². The van der Waals surface area contributed by atoms with Crippen LogP contribution in [0.1, 0.15) is 57.6 Å². The van der Waals surface area contributed by atoms with Crippen LogP contribution in [0.3, 0.4) is 0 Å². The van der Waals surface area contributed by atoms with E-state index in [1.54, 1.807) is 0 Å². The van der Waals surface area contributed by atoms with Crippen LogP contribution in [0.25, 0.3) is 0 Å². The molecular formula is C17H32N6. The van der Waals surface area contributed by atoms with E-state index in [1.165, 1.54) is 32.1 Å². The van der Waals surface area contributed by atoms with Crippen molar-refractivity contribution in [2.24, 2.45) is 23.9 Å². The van der Waals surface area contributed by atoms with Crippen LogP contribution in [-0.4, -0.2) is 33.8 Å². The predicted molar refractivity (Wildman–Crippen MR) is 94.3 cm³/mol. The molecule has 0 aromatic carbocycles. The van der Waals surface area contributed by atoms with E-state index < -0.39 is 0 Å². The monoisotopic (exact) mass is 320 g/mol. The third-order valence-electron chi connectivity index (χ3n) is 5.37. The molecule has 1 heterocycles. The molecule has 0 radical (unpaired) electrons. The summed E-state index contributed by atoms with van der Waals surface area (Å²) in [7, 11) is 3.80. The highest BCUT2D eigenvalue weighted by Crippen LogP contribution is 2.31. The Morgan fingerprint density at radius 2 is 1.96 bits per heavy atom. The topological polar surface area (TPSA) is 67.1 Å². The zero-order valence-electron chi connectivity index (χ0n) is 15.3. The fraction of sp³-hybridized carbons (Fsp3) is 0.824. The van der Waals surface area contributed by atoms with Crippen LogP contribution in [0.5, 0.6) is 0 Å². The van der Waals surface area contributed by atoms with Gasteiger partial charge in [-0.25, -0.2) is 0 Å². The lowest BCUT2D eigenvalue weighted by atomic mass is 9.78. The van der Waals surface area contributed by atoms with Crippen molar-refractivity contribution in [2.45, 2.75) is 65.5 Å². The molecule has 0 bridgehead atoms. The van der Waals surface area contributed by atoms with E-state index >= 15 is 0 Å². The number of aryl methyl sites for hydroxylation is 1. The maximum absolute atomic E-state index is 4.34. The Morgan fingerprint density at radius 1 is 1.26 bits per heavy atom. The average molecular weight is 320 g/mol. The van der Waals surface area contributed by atoms with Gasteiger partial charge < -0.3 is 15.2 Å². The van der Waals surface area contributed by atoms with Gasteiger partial charge in [-0.3, -0.25) is 4.99 Å². The first-order valence-corrected chi connectivity index (χ1v) is 8.85. The molecule has 0 amide bonds. The zero-order valence-corrected chi connectivity index (χ0v) is 15.3. The fourth-order valence-corrected chi connectivity index (χ4v) is 3.38. The van der Waals surface area contributed by atoms with Crippen LogP contribution < -0.4 is 10.6 Å².